The lowest BCUT2D eigenvalue weighted by atomic mass is 9.82. The van der Waals surface area contributed by atoms with Crippen molar-refractivity contribution in [2.45, 2.75) is 6.92 Å². The molecule has 0 unspecified atom stereocenters. The molecule has 6 N–H and O–H groups in total. The number of nitrogen functional groups attached to an aromatic ring is 2. The average molecular weight is 569 g/mol. The number of nitro groups is 1. The van der Waals surface area contributed by atoms with E-state index < -0.39 is 4.92 Å². The summed E-state index contributed by atoms with van der Waals surface area (Å²) in [7, 11) is 0. The number of carbonyl (C=O) groups excluding carboxylic acids is 2. The smallest absolute Gasteiger partial charge is 0.269 e. The Morgan fingerprint density at radius 2 is 1.40 bits per heavy atom. The van der Waals surface area contributed by atoms with Gasteiger partial charge in [-0.15, -0.1) is 0 Å². The SMILES string of the molecule is Cc1cc(N(CO)CCO)ccc1N=Nc1ccc([N+](=O)[O-])cc1.Nc1ccc(N)c2c1C(=O)c1ccccc1C2=O. The van der Waals surface area contributed by atoms with Gasteiger partial charge in [0, 0.05) is 46.9 Å². The van der Waals surface area contributed by atoms with Gasteiger partial charge in [-0.3, -0.25) is 19.7 Å². The first-order valence-corrected chi connectivity index (χ1v) is 12.8. The minimum absolute atomic E-state index is 0.00228. The van der Waals surface area contributed by atoms with Gasteiger partial charge in [0.05, 0.1) is 34.0 Å². The molecule has 0 bridgehead atoms. The van der Waals surface area contributed by atoms with Gasteiger partial charge in [0.1, 0.15) is 6.73 Å². The molecule has 0 atom stereocenters. The number of aryl methyl sites for hydroxylation is 1. The van der Waals surface area contributed by atoms with Gasteiger partial charge >= 0.3 is 0 Å². The van der Waals surface area contributed by atoms with Gasteiger partial charge in [0.15, 0.2) is 11.6 Å². The fourth-order valence-electron chi connectivity index (χ4n) is 4.38. The predicted molar refractivity (Wildman–Crippen MR) is 159 cm³/mol. The second-order valence-electron chi connectivity index (χ2n) is 9.27. The summed E-state index contributed by atoms with van der Waals surface area (Å²) < 4.78 is 0. The number of anilines is 3. The highest BCUT2D eigenvalue weighted by Gasteiger charge is 2.32. The molecule has 1 aliphatic rings. The van der Waals surface area contributed by atoms with E-state index in [0.29, 0.717) is 29.0 Å². The van der Waals surface area contributed by atoms with Crippen molar-refractivity contribution in [1.82, 2.24) is 0 Å². The number of fused-ring (bicyclic) bond motifs is 2. The lowest BCUT2D eigenvalue weighted by Gasteiger charge is -2.21. The maximum atomic E-state index is 12.3. The maximum absolute atomic E-state index is 12.3. The highest BCUT2D eigenvalue weighted by atomic mass is 16.6. The molecule has 214 valence electrons. The maximum Gasteiger partial charge on any atom is 0.269 e. The fourth-order valence-corrected chi connectivity index (χ4v) is 4.38. The van der Waals surface area contributed by atoms with E-state index in [9.17, 15) is 24.8 Å². The molecule has 4 aromatic carbocycles. The van der Waals surface area contributed by atoms with E-state index in [-0.39, 0.29) is 53.1 Å². The highest BCUT2D eigenvalue weighted by molar-refractivity contribution is 6.31. The number of carbonyl (C=O) groups is 2. The molecule has 0 amide bonds. The number of ketones is 2. The summed E-state index contributed by atoms with van der Waals surface area (Å²) >= 11 is 0. The molecule has 0 aliphatic heterocycles. The Balaban J connectivity index is 0.000000200. The zero-order valence-electron chi connectivity index (χ0n) is 22.6. The molecule has 0 saturated carbocycles. The van der Waals surface area contributed by atoms with Crippen LogP contribution in [0.4, 0.5) is 34.1 Å². The molecule has 0 radical (unpaired) electrons. The number of aliphatic hydroxyl groups excluding tert-OH is 2. The van der Waals surface area contributed by atoms with E-state index >= 15 is 0 Å². The fraction of sp³-hybridized carbons (Fsp3) is 0.133. The van der Waals surface area contributed by atoms with Crippen LogP contribution in [0.15, 0.2) is 89.1 Å². The number of hydrogen-bond donors (Lipinski definition) is 4. The molecule has 5 rings (SSSR count). The molecular weight excluding hydrogens is 540 g/mol. The first-order chi connectivity index (χ1) is 20.2. The Morgan fingerprint density at radius 3 is 1.88 bits per heavy atom. The number of nitrogens with zero attached hydrogens (tertiary/aromatic N) is 4. The van der Waals surface area contributed by atoms with Crippen molar-refractivity contribution < 1.29 is 24.7 Å². The lowest BCUT2D eigenvalue weighted by Crippen LogP contribution is -2.27. The summed E-state index contributed by atoms with van der Waals surface area (Å²) in [6, 6.07) is 21.0. The van der Waals surface area contributed by atoms with E-state index in [0.717, 1.165) is 11.3 Å². The van der Waals surface area contributed by atoms with Gasteiger partial charge in [-0.05, 0) is 55.0 Å². The Hall–Kier alpha value is -5.46. The van der Waals surface area contributed by atoms with E-state index in [4.69, 9.17) is 16.6 Å². The molecule has 0 fully saturated rings. The third-order valence-electron chi connectivity index (χ3n) is 6.56. The second kappa shape index (κ2) is 12.8. The molecule has 0 saturated heterocycles. The molecule has 0 spiro atoms. The number of hydrogen-bond acceptors (Lipinski definition) is 11. The molecule has 4 aromatic rings. The van der Waals surface area contributed by atoms with Crippen molar-refractivity contribution >= 4 is 45.7 Å². The topological polar surface area (TPSA) is 198 Å². The van der Waals surface area contributed by atoms with Crippen molar-refractivity contribution in [3.63, 3.8) is 0 Å². The highest BCUT2D eigenvalue weighted by Crippen LogP contribution is 2.34. The third kappa shape index (κ3) is 6.14. The number of non-ortho nitro benzene ring substituents is 1. The number of nitro benzene ring substituents is 1. The van der Waals surface area contributed by atoms with Crippen molar-refractivity contribution in [2.75, 3.05) is 36.2 Å². The van der Waals surface area contributed by atoms with Gasteiger partial charge in [-0.2, -0.15) is 10.2 Å². The Bertz CT molecular complexity index is 1630. The third-order valence-corrected chi connectivity index (χ3v) is 6.56. The number of azo groups is 1. The number of nitrogens with two attached hydrogens (primary N) is 2. The molecule has 1 aliphatic carbocycles. The summed E-state index contributed by atoms with van der Waals surface area (Å²) in [6.45, 7) is 1.95. The molecule has 42 heavy (non-hydrogen) atoms. The van der Waals surface area contributed by atoms with Crippen molar-refractivity contribution in [2.24, 2.45) is 10.2 Å². The van der Waals surface area contributed by atoms with Crippen LogP contribution in [0.3, 0.4) is 0 Å². The predicted octanol–water partition coefficient (Wildman–Crippen LogP) is 4.69. The lowest BCUT2D eigenvalue weighted by molar-refractivity contribution is -0.384. The monoisotopic (exact) mass is 568 g/mol. The van der Waals surface area contributed by atoms with Gasteiger partial charge in [-0.25, -0.2) is 0 Å². The largest absolute Gasteiger partial charge is 0.398 e. The second-order valence-corrected chi connectivity index (χ2v) is 9.27. The summed E-state index contributed by atoms with van der Waals surface area (Å²) in [5.74, 6) is -0.491. The molecule has 12 nitrogen and oxygen atoms in total. The van der Waals surface area contributed by atoms with E-state index in [2.05, 4.69) is 10.2 Å². The van der Waals surface area contributed by atoms with Crippen molar-refractivity contribution in [1.29, 1.82) is 0 Å². The van der Waals surface area contributed by atoms with Crippen LogP contribution in [0.2, 0.25) is 0 Å². The number of benzene rings is 4. The molecule has 0 heterocycles. The van der Waals surface area contributed by atoms with Crippen LogP contribution in [-0.2, 0) is 0 Å². The summed E-state index contributed by atoms with van der Waals surface area (Å²) in [4.78, 5) is 36.4. The van der Waals surface area contributed by atoms with Gasteiger partial charge < -0.3 is 26.6 Å². The average Bonchev–Trinajstić information content (AvgIpc) is 2.99. The number of aliphatic hydroxyl groups is 2. The standard InChI is InChI=1S/C16H18N4O4.C14H10N2O2/c1-12-10-15(19(11-22)8-9-21)6-7-16(12)18-17-13-2-4-14(5-3-13)20(23)24;15-9-5-6-10(16)12-11(9)13(17)7-3-1-2-4-8(7)14(12)18/h2-7,10,21-22H,8-9,11H2,1H3;1-6H,15-16H2. The minimum Gasteiger partial charge on any atom is -0.398 e. The first-order valence-electron chi connectivity index (χ1n) is 12.8. The Kier molecular flexibility index (Phi) is 9.00. The van der Waals surface area contributed by atoms with E-state index in [1.165, 1.54) is 24.3 Å². The van der Waals surface area contributed by atoms with Crippen LogP contribution in [0.1, 0.15) is 37.4 Å². The Labute approximate surface area is 240 Å². The summed E-state index contributed by atoms with van der Waals surface area (Å²) in [5, 5.41) is 37.1. The first kappa shape index (κ1) is 29.5. The molecule has 12 heteroatoms. The van der Waals surface area contributed by atoms with Crippen LogP contribution < -0.4 is 16.4 Å². The summed E-state index contributed by atoms with van der Waals surface area (Å²) in [5.41, 5.74) is 16.2. The minimum atomic E-state index is -0.469. The van der Waals surface area contributed by atoms with Gasteiger partial charge in [0.25, 0.3) is 5.69 Å². The van der Waals surface area contributed by atoms with Gasteiger partial charge in [0.2, 0.25) is 0 Å². The zero-order chi connectivity index (χ0) is 30.4. The van der Waals surface area contributed by atoms with Crippen molar-refractivity contribution in [3.05, 3.63) is 117 Å². The molecular formula is C30H28N6O6. The number of rotatable bonds is 7. The van der Waals surface area contributed by atoms with Crippen molar-refractivity contribution in [3.8, 4) is 0 Å². The van der Waals surface area contributed by atoms with Crippen LogP contribution in [-0.4, -0.2) is 46.6 Å². The van der Waals surface area contributed by atoms with Crippen LogP contribution in [0.5, 0.6) is 0 Å². The quantitative estimate of drug-likeness (QED) is 0.0707. The molecule has 0 aromatic heterocycles. The van der Waals surface area contributed by atoms with Crippen LogP contribution >= 0.6 is 0 Å². The summed E-state index contributed by atoms with van der Waals surface area (Å²) in [6.07, 6.45) is 0. The van der Waals surface area contributed by atoms with E-state index in [1.54, 1.807) is 53.4 Å². The van der Waals surface area contributed by atoms with Crippen LogP contribution in [0, 0.1) is 17.0 Å². The normalized spacial score (nSPS) is 11.9. The Morgan fingerprint density at radius 1 is 0.833 bits per heavy atom. The zero-order valence-corrected chi connectivity index (χ0v) is 22.6. The van der Waals surface area contributed by atoms with Crippen LogP contribution in [0.25, 0.3) is 0 Å². The van der Waals surface area contributed by atoms with E-state index in [1.807, 2.05) is 13.0 Å². The van der Waals surface area contributed by atoms with Gasteiger partial charge in [-0.1, -0.05) is 24.3 Å².